The predicted molar refractivity (Wildman–Crippen MR) is 463 cm³/mol. The lowest BCUT2D eigenvalue weighted by Crippen LogP contribution is -2.00. The number of hydrogen-bond acceptors (Lipinski definition) is 5. The SMILES string of the molecule is c1ccc(-c2cccc(-c3ccc(-c4nc(-c5ccccc5)cc(-c5ccc(-n6c7ccccc7c7ccc8c(c9ccccc9n8-c8ccccc8)c76)cc5)n4)cc3)c2)cc1.c1ccc(-c2nc(-c3ccccc3)nc(-c3ccc(-n4c5ccccc5c5ccc6c(c7ccccc7n6-c6ccccc6)c54)cc3)n2)cc1. The second kappa shape index (κ2) is 27.5. The molecule has 0 spiro atoms. The van der Waals surface area contributed by atoms with Crippen LogP contribution in [0.25, 0.3) is 200 Å². The van der Waals surface area contributed by atoms with Gasteiger partial charge in [-0.2, -0.15) is 0 Å². The average Bonchev–Trinajstić information content (AvgIpc) is 1.55. The molecule has 9 nitrogen and oxygen atoms in total. The molecule has 0 unspecified atom stereocenters. The van der Waals surface area contributed by atoms with E-state index in [-0.39, 0.29) is 0 Å². The van der Waals surface area contributed by atoms with Gasteiger partial charge in [-0.1, -0.05) is 297 Å². The van der Waals surface area contributed by atoms with Crippen molar-refractivity contribution in [1.29, 1.82) is 0 Å². The summed E-state index contributed by atoms with van der Waals surface area (Å²) in [7, 11) is 0. The van der Waals surface area contributed by atoms with Crippen molar-refractivity contribution in [2.24, 2.45) is 0 Å². The van der Waals surface area contributed by atoms with Crippen molar-refractivity contribution < 1.29 is 0 Å². The molecule has 0 bridgehead atoms. The third kappa shape index (κ3) is 11.4. The van der Waals surface area contributed by atoms with Gasteiger partial charge in [-0.15, -0.1) is 0 Å². The summed E-state index contributed by atoms with van der Waals surface area (Å²) >= 11 is 0. The van der Waals surface area contributed by atoms with Gasteiger partial charge >= 0.3 is 0 Å². The molecule has 0 saturated carbocycles. The highest BCUT2D eigenvalue weighted by atomic mass is 15.0. The van der Waals surface area contributed by atoms with Crippen molar-refractivity contribution in [2.75, 3.05) is 0 Å². The van der Waals surface area contributed by atoms with Gasteiger partial charge in [0.1, 0.15) is 0 Å². The Morgan fingerprint density at radius 2 is 0.429 bits per heavy atom. The van der Waals surface area contributed by atoms with E-state index in [4.69, 9.17) is 24.9 Å². The second-order valence-electron chi connectivity index (χ2n) is 28.3. The molecule has 16 aromatic carbocycles. The van der Waals surface area contributed by atoms with E-state index in [0.29, 0.717) is 23.3 Å². The van der Waals surface area contributed by atoms with Crippen LogP contribution in [-0.2, 0) is 0 Å². The van der Waals surface area contributed by atoms with Crippen LogP contribution in [0.5, 0.6) is 0 Å². The van der Waals surface area contributed by atoms with Crippen molar-refractivity contribution in [3.05, 3.63) is 406 Å². The smallest absolute Gasteiger partial charge is 0.164 e. The number of fused-ring (bicyclic) bond motifs is 14. The van der Waals surface area contributed by atoms with Crippen LogP contribution in [0.4, 0.5) is 0 Å². The molecule has 6 aromatic heterocycles. The summed E-state index contributed by atoms with van der Waals surface area (Å²) in [5.41, 5.74) is 26.3. The van der Waals surface area contributed by atoms with E-state index < -0.39 is 0 Å². The van der Waals surface area contributed by atoms with E-state index in [9.17, 15) is 0 Å². The molecular formula is C103H67N9. The maximum Gasteiger partial charge on any atom is 0.164 e. The Labute approximate surface area is 645 Å². The van der Waals surface area contributed by atoms with Gasteiger partial charge in [0.2, 0.25) is 0 Å². The van der Waals surface area contributed by atoms with Gasteiger partial charge in [-0.25, -0.2) is 24.9 Å². The molecular weight excluding hydrogens is 1360 g/mol. The average molecular weight is 1430 g/mol. The first kappa shape index (κ1) is 65.1. The zero-order chi connectivity index (χ0) is 74.0. The maximum atomic E-state index is 5.23. The van der Waals surface area contributed by atoms with Crippen molar-refractivity contribution in [2.45, 2.75) is 0 Å². The van der Waals surface area contributed by atoms with Crippen LogP contribution < -0.4 is 0 Å². The normalized spacial score (nSPS) is 11.6. The predicted octanol–water partition coefficient (Wildman–Crippen LogP) is 26.1. The van der Waals surface area contributed by atoms with Crippen molar-refractivity contribution >= 4 is 87.2 Å². The molecule has 0 fully saturated rings. The number of para-hydroxylation sites is 6. The molecule has 0 aliphatic rings. The van der Waals surface area contributed by atoms with Crippen molar-refractivity contribution in [3.8, 4) is 113 Å². The summed E-state index contributed by atoms with van der Waals surface area (Å²) < 4.78 is 9.63. The zero-order valence-corrected chi connectivity index (χ0v) is 60.7. The van der Waals surface area contributed by atoms with Gasteiger partial charge in [0, 0.05) is 99.2 Å². The van der Waals surface area contributed by atoms with Gasteiger partial charge < -0.3 is 18.3 Å². The lowest BCUT2D eigenvalue weighted by atomic mass is 9.98. The number of nitrogens with zero attached hydrogens (tertiary/aromatic N) is 9. The quantitative estimate of drug-likeness (QED) is 0.122. The van der Waals surface area contributed by atoms with Crippen LogP contribution in [0.3, 0.4) is 0 Å². The minimum absolute atomic E-state index is 0.639. The van der Waals surface area contributed by atoms with Crippen molar-refractivity contribution in [3.63, 3.8) is 0 Å². The maximum absolute atomic E-state index is 5.23. The third-order valence-corrected chi connectivity index (χ3v) is 21.7. The molecule has 0 N–H and O–H groups in total. The van der Waals surface area contributed by atoms with Crippen LogP contribution in [0.15, 0.2) is 406 Å². The molecule has 0 aliphatic carbocycles. The summed E-state index contributed by atoms with van der Waals surface area (Å²) in [6.07, 6.45) is 0. The minimum Gasteiger partial charge on any atom is -0.309 e. The largest absolute Gasteiger partial charge is 0.309 e. The summed E-state index contributed by atoms with van der Waals surface area (Å²) in [5.74, 6) is 2.63. The molecule has 22 rings (SSSR count). The Kier molecular flexibility index (Phi) is 16.0. The second-order valence-corrected chi connectivity index (χ2v) is 28.3. The molecule has 9 heteroatoms. The monoisotopic (exact) mass is 1430 g/mol. The fraction of sp³-hybridized carbons (Fsp3) is 0. The molecule has 524 valence electrons. The fourth-order valence-corrected chi connectivity index (χ4v) is 16.5. The van der Waals surface area contributed by atoms with E-state index in [2.05, 4.69) is 358 Å². The molecule has 0 atom stereocenters. The lowest BCUT2D eigenvalue weighted by molar-refractivity contribution is 1.07. The van der Waals surface area contributed by atoms with Crippen LogP contribution in [0.2, 0.25) is 0 Å². The number of aromatic nitrogens is 9. The Balaban J connectivity index is 0.000000145. The highest BCUT2D eigenvalue weighted by Gasteiger charge is 2.25. The summed E-state index contributed by atoms with van der Waals surface area (Å²) in [5, 5.41) is 9.85. The van der Waals surface area contributed by atoms with Crippen LogP contribution in [-0.4, -0.2) is 43.2 Å². The molecule has 22 aromatic rings. The standard InChI is InChI=1S/C58H38N4.C45H29N5/c1-4-15-39(16-5-1)44-19-14-20-45(37-44)40-27-29-43(30-28-40)58-59-51(41-17-6-2-7-18-41)38-52(60-58)42-31-33-47(34-32-42)62-53-25-12-10-23-48(53)49-35-36-55-56(57(49)62)50-24-11-13-26-54(50)61(55)46-21-8-3-9-22-46;1-4-14-30(15-5-1)43-46-44(31-16-6-2-7-17-31)48-45(47-43)32-24-26-34(27-25-32)50-38-22-12-10-20-35(38)36-28-29-40-41(42(36)50)37-21-11-13-23-39(37)49(40)33-18-8-3-9-19-33/h1-38H;1-29H. The van der Waals surface area contributed by atoms with Gasteiger partial charge in [0.25, 0.3) is 0 Å². The number of hydrogen-bond donors (Lipinski definition) is 0. The summed E-state index contributed by atoms with van der Waals surface area (Å²) in [6.45, 7) is 0. The van der Waals surface area contributed by atoms with E-state index in [0.717, 1.165) is 78.6 Å². The topological polar surface area (TPSA) is 84.2 Å². The molecule has 112 heavy (non-hydrogen) atoms. The van der Waals surface area contributed by atoms with Crippen LogP contribution in [0, 0.1) is 0 Å². The molecule has 0 radical (unpaired) electrons. The lowest BCUT2D eigenvalue weighted by Gasteiger charge is -2.12. The zero-order valence-electron chi connectivity index (χ0n) is 60.7. The van der Waals surface area contributed by atoms with Crippen LogP contribution >= 0.6 is 0 Å². The van der Waals surface area contributed by atoms with Crippen LogP contribution in [0.1, 0.15) is 0 Å². The molecule has 0 amide bonds. The van der Waals surface area contributed by atoms with E-state index in [1.165, 1.54) is 98.4 Å². The Morgan fingerprint density at radius 3 is 0.848 bits per heavy atom. The van der Waals surface area contributed by atoms with E-state index in [1.54, 1.807) is 0 Å². The first-order valence-electron chi connectivity index (χ1n) is 37.9. The number of benzene rings is 16. The summed E-state index contributed by atoms with van der Waals surface area (Å²) in [6, 6.07) is 143. The van der Waals surface area contributed by atoms with Gasteiger partial charge in [-0.05, 0) is 131 Å². The summed E-state index contributed by atoms with van der Waals surface area (Å²) in [4.78, 5) is 25.2. The Bertz CT molecular complexity index is 7240. The van der Waals surface area contributed by atoms with Crippen molar-refractivity contribution in [1.82, 2.24) is 43.2 Å². The van der Waals surface area contributed by atoms with Gasteiger partial charge in [0.05, 0.1) is 55.5 Å². The Hall–Kier alpha value is -15.2. The first-order chi connectivity index (χ1) is 55.6. The first-order valence-corrected chi connectivity index (χ1v) is 37.9. The highest BCUT2D eigenvalue weighted by Crippen LogP contribution is 2.45. The molecule has 0 aliphatic heterocycles. The highest BCUT2D eigenvalue weighted by molar-refractivity contribution is 6.27. The fourth-order valence-electron chi connectivity index (χ4n) is 16.5. The Morgan fingerprint density at radius 1 is 0.152 bits per heavy atom. The number of rotatable bonds is 12. The third-order valence-electron chi connectivity index (χ3n) is 21.7. The van der Waals surface area contributed by atoms with E-state index in [1.807, 2.05) is 66.7 Å². The molecule has 0 saturated heterocycles. The van der Waals surface area contributed by atoms with Gasteiger partial charge in [0.15, 0.2) is 23.3 Å². The molecule has 6 heterocycles. The van der Waals surface area contributed by atoms with E-state index >= 15 is 0 Å². The van der Waals surface area contributed by atoms with Gasteiger partial charge in [-0.3, -0.25) is 0 Å². The minimum atomic E-state index is 0.639.